The second-order valence-electron chi connectivity index (χ2n) is 4.53. The van der Waals surface area contributed by atoms with Gasteiger partial charge in [0.05, 0.1) is 23.3 Å². The lowest BCUT2D eigenvalue weighted by molar-refractivity contribution is 0.278. The van der Waals surface area contributed by atoms with Gasteiger partial charge in [-0.05, 0) is 30.7 Å². The Balaban J connectivity index is 2.08. The molecule has 2 aromatic heterocycles. The van der Waals surface area contributed by atoms with Crippen molar-refractivity contribution >= 4 is 22.7 Å². The van der Waals surface area contributed by atoms with Crippen LogP contribution in [0.3, 0.4) is 0 Å². The number of aliphatic hydroxyl groups excluding tert-OH is 1. The van der Waals surface area contributed by atoms with Gasteiger partial charge in [0.2, 0.25) is 5.95 Å². The maximum atomic E-state index is 9.22. The molecule has 0 saturated carbocycles. The molecule has 0 aliphatic rings. The summed E-state index contributed by atoms with van der Waals surface area (Å²) in [6.45, 7) is 2.65. The predicted octanol–water partition coefficient (Wildman–Crippen LogP) is 2.41. The molecule has 0 aliphatic heterocycles. The van der Waals surface area contributed by atoms with E-state index in [9.17, 15) is 5.11 Å². The molecule has 3 rings (SSSR count). The molecule has 98 valence electrons. The molecule has 0 saturated heterocycles. The Bertz CT molecular complexity index is 685. The molecule has 0 spiro atoms. The first kappa shape index (κ1) is 11.8. The van der Waals surface area contributed by atoms with Crippen molar-refractivity contribution in [3.8, 4) is 0 Å². The summed E-state index contributed by atoms with van der Waals surface area (Å²) in [5.74, 6) is 0.745. The van der Waals surface area contributed by atoms with Gasteiger partial charge in [-0.2, -0.15) is 0 Å². The van der Waals surface area contributed by atoms with E-state index in [2.05, 4.69) is 21.4 Å². The zero-order chi connectivity index (χ0) is 13.2. The molecule has 0 bridgehead atoms. The SMILES string of the molecule is Cc1ccc2c(c1)nc(Nc1cc[nH]c1)n2CCO. The molecule has 1 aromatic carbocycles. The molecule has 0 fully saturated rings. The fourth-order valence-corrected chi connectivity index (χ4v) is 2.19. The Hall–Kier alpha value is -2.27. The number of aromatic amines is 1. The largest absolute Gasteiger partial charge is 0.395 e. The number of nitrogens with zero attached hydrogens (tertiary/aromatic N) is 2. The van der Waals surface area contributed by atoms with Crippen LogP contribution in [0.15, 0.2) is 36.7 Å². The number of fused-ring (bicyclic) bond motifs is 1. The van der Waals surface area contributed by atoms with E-state index < -0.39 is 0 Å². The predicted molar refractivity (Wildman–Crippen MR) is 75.6 cm³/mol. The van der Waals surface area contributed by atoms with Crippen molar-refractivity contribution in [2.24, 2.45) is 0 Å². The Morgan fingerprint density at radius 3 is 3.00 bits per heavy atom. The highest BCUT2D eigenvalue weighted by molar-refractivity contribution is 5.80. The van der Waals surface area contributed by atoms with Crippen LogP contribution in [-0.2, 0) is 6.54 Å². The highest BCUT2D eigenvalue weighted by Gasteiger charge is 2.10. The third kappa shape index (κ3) is 2.20. The average Bonchev–Trinajstić information content (AvgIpc) is 2.99. The van der Waals surface area contributed by atoms with Gasteiger partial charge in [-0.25, -0.2) is 4.98 Å². The summed E-state index contributed by atoms with van der Waals surface area (Å²) in [6, 6.07) is 8.08. The summed E-state index contributed by atoms with van der Waals surface area (Å²) in [5, 5.41) is 12.5. The third-order valence-electron chi connectivity index (χ3n) is 3.08. The quantitative estimate of drug-likeness (QED) is 0.671. The molecule has 3 N–H and O–H groups in total. The van der Waals surface area contributed by atoms with Crippen LogP contribution in [0.5, 0.6) is 0 Å². The van der Waals surface area contributed by atoms with Gasteiger partial charge < -0.3 is 20.0 Å². The summed E-state index contributed by atoms with van der Waals surface area (Å²) in [5.41, 5.74) is 4.09. The lowest BCUT2D eigenvalue weighted by Gasteiger charge is -2.08. The van der Waals surface area contributed by atoms with Crippen molar-refractivity contribution < 1.29 is 5.11 Å². The minimum absolute atomic E-state index is 0.0845. The average molecular weight is 256 g/mol. The zero-order valence-corrected chi connectivity index (χ0v) is 10.7. The number of H-pyrrole nitrogens is 1. The molecule has 2 heterocycles. The van der Waals surface area contributed by atoms with E-state index in [1.807, 2.05) is 42.1 Å². The van der Waals surface area contributed by atoms with Gasteiger partial charge in [0.15, 0.2) is 0 Å². The molecular formula is C14H16N4O. The summed E-state index contributed by atoms with van der Waals surface area (Å²) in [4.78, 5) is 7.59. The second kappa shape index (κ2) is 4.78. The van der Waals surface area contributed by atoms with Crippen molar-refractivity contribution in [1.29, 1.82) is 0 Å². The van der Waals surface area contributed by atoms with Crippen molar-refractivity contribution in [3.05, 3.63) is 42.2 Å². The minimum atomic E-state index is 0.0845. The number of nitrogens with one attached hydrogen (secondary N) is 2. The normalized spacial score (nSPS) is 11.1. The summed E-state index contributed by atoms with van der Waals surface area (Å²) in [6.07, 6.45) is 3.72. The Morgan fingerprint density at radius 1 is 1.37 bits per heavy atom. The molecule has 19 heavy (non-hydrogen) atoms. The molecule has 5 nitrogen and oxygen atoms in total. The topological polar surface area (TPSA) is 65.9 Å². The zero-order valence-electron chi connectivity index (χ0n) is 10.7. The van der Waals surface area contributed by atoms with Gasteiger partial charge in [-0.15, -0.1) is 0 Å². The van der Waals surface area contributed by atoms with E-state index in [4.69, 9.17) is 0 Å². The fourth-order valence-electron chi connectivity index (χ4n) is 2.19. The van der Waals surface area contributed by atoms with Crippen LogP contribution >= 0.6 is 0 Å². The van der Waals surface area contributed by atoms with Crippen LogP contribution < -0.4 is 5.32 Å². The van der Waals surface area contributed by atoms with Gasteiger partial charge in [0.1, 0.15) is 0 Å². The number of imidazole rings is 1. The number of benzene rings is 1. The highest BCUT2D eigenvalue weighted by atomic mass is 16.3. The van der Waals surface area contributed by atoms with Gasteiger partial charge in [-0.1, -0.05) is 6.07 Å². The Morgan fingerprint density at radius 2 is 2.26 bits per heavy atom. The Kier molecular flexibility index (Phi) is 2.97. The highest BCUT2D eigenvalue weighted by Crippen LogP contribution is 2.23. The molecular weight excluding hydrogens is 240 g/mol. The summed E-state index contributed by atoms with van der Waals surface area (Å²) < 4.78 is 1.99. The maximum absolute atomic E-state index is 9.22. The monoisotopic (exact) mass is 256 g/mol. The van der Waals surface area contributed by atoms with Crippen LogP contribution in [0.4, 0.5) is 11.6 Å². The van der Waals surface area contributed by atoms with Crippen LogP contribution in [0.2, 0.25) is 0 Å². The van der Waals surface area contributed by atoms with Crippen molar-refractivity contribution in [1.82, 2.24) is 14.5 Å². The number of aryl methyl sites for hydroxylation is 1. The first-order chi connectivity index (χ1) is 9.28. The van der Waals surface area contributed by atoms with E-state index >= 15 is 0 Å². The van der Waals surface area contributed by atoms with Crippen molar-refractivity contribution in [3.63, 3.8) is 0 Å². The van der Waals surface area contributed by atoms with E-state index in [0.717, 1.165) is 22.7 Å². The van der Waals surface area contributed by atoms with Gasteiger partial charge in [0.25, 0.3) is 0 Å². The molecule has 0 radical (unpaired) electrons. The van der Waals surface area contributed by atoms with Crippen LogP contribution in [0.25, 0.3) is 11.0 Å². The lowest BCUT2D eigenvalue weighted by atomic mass is 10.2. The molecule has 0 unspecified atom stereocenters. The first-order valence-electron chi connectivity index (χ1n) is 6.25. The summed E-state index contributed by atoms with van der Waals surface area (Å²) >= 11 is 0. The Labute approximate surface area is 110 Å². The van der Waals surface area contributed by atoms with E-state index in [1.54, 1.807) is 0 Å². The maximum Gasteiger partial charge on any atom is 0.208 e. The molecule has 0 atom stereocenters. The number of hydrogen-bond acceptors (Lipinski definition) is 3. The molecule has 0 amide bonds. The minimum Gasteiger partial charge on any atom is -0.395 e. The third-order valence-corrected chi connectivity index (χ3v) is 3.08. The van der Waals surface area contributed by atoms with E-state index in [0.29, 0.717) is 6.54 Å². The van der Waals surface area contributed by atoms with E-state index in [1.165, 1.54) is 5.56 Å². The number of aliphatic hydroxyl groups is 1. The molecule has 3 aromatic rings. The standard InChI is InChI=1S/C14H16N4O/c1-10-2-3-13-12(8-10)17-14(18(13)6-7-19)16-11-4-5-15-9-11/h2-5,8-9,15,19H,6-7H2,1H3,(H,16,17). The number of rotatable bonds is 4. The lowest BCUT2D eigenvalue weighted by Crippen LogP contribution is -2.06. The van der Waals surface area contributed by atoms with Gasteiger partial charge in [0, 0.05) is 18.9 Å². The molecule has 0 aliphatic carbocycles. The van der Waals surface area contributed by atoms with Crippen LogP contribution in [0, 0.1) is 6.92 Å². The number of anilines is 2. The fraction of sp³-hybridized carbons (Fsp3) is 0.214. The van der Waals surface area contributed by atoms with Crippen molar-refractivity contribution in [2.45, 2.75) is 13.5 Å². The van der Waals surface area contributed by atoms with Crippen molar-refractivity contribution in [2.75, 3.05) is 11.9 Å². The summed E-state index contributed by atoms with van der Waals surface area (Å²) in [7, 11) is 0. The van der Waals surface area contributed by atoms with Crippen LogP contribution in [0.1, 0.15) is 5.56 Å². The van der Waals surface area contributed by atoms with Gasteiger partial charge in [-0.3, -0.25) is 0 Å². The van der Waals surface area contributed by atoms with E-state index in [-0.39, 0.29) is 6.61 Å². The first-order valence-corrected chi connectivity index (χ1v) is 6.25. The van der Waals surface area contributed by atoms with Crippen LogP contribution in [-0.4, -0.2) is 26.2 Å². The second-order valence-corrected chi connectivity index (χ2v) is 4.53. The van der Waals surface area contributed by atoms with Gasteiger partial charge >= 0.3 is 0 Å². The molecule has 5 heteroatoms. The number of hydrogen-bond donors (Lipinski definition) is 3. The number of aromatic nitrogens is 3. The smallest absolute Gasteiger partial charge is 0.208 e.